The second-order valence-corrected chi connectivity index (χ2v) is 5.53. The van der Waals surface area contributed by atoms with E-state index in [1.54, 1.807) is 0 Å². The first-order valence-corrected chi connectivity index (χ1v) is 7.19. The summed E-state index contributed by atoms with van der Waals surface area (Å²) in [4.78, 5) is 26.1. The van der Waals surface area contributed by atoms with E-state index in [0.29, 0.717) is 6.54 Å². The van der Waals surface area contributed by atoms with Crippen LogP contribution in [0, 0.1) is 0 Å². The summed E-state index contributed by atoms with van der Waals surface area (Å²) in [5.41, 5.74) is 5.34. The average Bonchev–Trinajstić information content (AvgIpc) is 2.08. The van der Waals surface area contributed by atoms with Gasteiger partial charge in [-0.15, -0.1) is 0 Å². The van der Waals surface area contributed by atoms with E-state index in [-0.39, 0.29) is 6.04 Å². The summed E-state index contributed by atoms with van der Waals surface area (Å²) in [5, 5.41) is 3.04. The van der Waals surface area contributed by atoms with Crippen molar-refractivity contribution in [2.75, 3.05) is 19.6 Å². The Hall–Kier alpha value is 0.0169. The average molecular weight is 222 g/mol. The molecule has 0 radical (unpaired) electrons. The van der Waals surface area contributed by atoms with Gasteiger partial charge < -0.3 is 25.4 Å². The number of hydrogen-bond acceptors (Lipinski definition) is 5. The summed E-state index contributed by atoms with van der Waals surface area (Å²) < 4.78 is 0. The lowest BCUT2D eigenvalue weighted by molar-refractivity contribution is 0.227. The van der Waals surface area contributed by atoms with Crippen molar-refractivity contribution in [2.45, 2.75) is 31.7 Å². The number of hydrogen-bond donors (Lipinski definition) is 5. The Labute approximate surface area is 86.3 Å². The first-order valence-electron chi connectivity index (χ1n) is 5.14. The third kappa shape index (κ3) is 12.0. The zero-order valence-corrected chi connectivity index (χ0v) is 9.58. The van der Waals surface area contributed by atoms with Crippen LogP contribution in [0.15, 0.2) is 0 Å². The number of rotatable bonds is 9. The quantitative estimate of drug-likeness (QED) is 0.255. The van der Waals surface area contributed by atoms with Crippen LogP contribution < -0.4 is 11.1 Å². The zero-order valence-electron chi connectivity index (χ0n) is 8.58. The predicted octanol–water partition coefficient (Wildman–Crippen LogP) is -0.989. The largest absolute Gasteiger partial charge is 0.494 e. The van der Waals surface area contributed by atoms with Gasteiger partial charge in [-0.2, -0.15) is 0 Å². The fourth-order valence-corrected chi connectivity index (χ4v) is 1.64. The molecule has 0 aliphatic heterocycles. The van der Waals surface area contributed by atoms with Crippen molar-refractivity contribution < 1.29 is 14.4 Å². The molecule has 0 unspecified atom stereocenters. The Morgan fingerprint density at radius 3 is 2.14 bits per heavy atom. The molecule has 0 bridgehead atoms. The molecular weight excluding hydrogens is 200 g/mol. The molecule has 6 N–H and O–H groups in total. The Bertz CT molecular complexity index is 130. The molecule has 0 aromatic rings. The minimum absolute atomic E-state index is 0.0653. The molecule has 0 fully saturated rings. The minimum Gasteiger partial charge on any atom is -0.390 e. The summed E-state index contributed by atoms with van der Waals surface area (Å²) in [6.07, 6.45) is 4.43. The van der Waals surface area contributed by atoms with Gasteiger partial charge in [-0.1, -0.05) is 12.8 Å². The third-order valence-corrected chi connectivity index (χ3v) is 2.87. The van der Waals surface area contributed by atoms with Gasteiger partial charge in [-0.05, 0) is 32.5 Å². The van der Waals surface area contributed by atoms with E-state index in [1.165, 1.54) is 0 Å². The smallest absolute Gasteiger partial charge is 0.390 e. The summed E-state index contributed by atoms with van der Waals surface area (Å²) in [6, 6.07) is 0.0653. The zero-order chi connectivity index (χ0) is 10.9. The lowest BCUT2D eigenvalue weighted by Crippen LogP contribution is -2.38. The van der Waals surface area contributed by atoms with E-state index in [0.717, 1.165) is 38.8 Å². The highest BCUT2D eigenvalue weighted by atomic mass is 28.4. The highest BCUT2D eigenvalue weighted by molar-refractivity contribution is 6.56. The van der Waals surface area contributed by atoms with Crippen LogP contribution >= 0.6 is 0 Å². The maximum absolute atomic E-state index is 8.69. The van der Waals surface area contributed by atoms with Gasteiger partial charge in [0.25, 0.3) is 0 Å². The topological polar surface area (TPSA) is 98.7 Å². The van der Waals surface area contributed by atoms with E-state index in [9.17, 15) is 0 Å². The maximum Gasteiger partial charge on any atom is 0.494 e. The molecule has 0 saturated heterocycles. The van der Waals surface area contributed by atoms with Crippen molar-refractivity contribution in [1.82, 2.24) is 5.32 Å². The standard InChI is InChI=1S/C8H22N2O3Si/c9-5-3-1-2-4-6-10-7-8-14(11,12)13/h10-13H,1-9H2. The molecule has 14 heavy (non-hydrogen) atoms. The van der Waals surface area contributed by atoms with E-state index in [2.05, 4.69) is 5.32 Å². The fraction of sp³-hybridized carbons (Fsp3) is 1.00. The molecule has 0 aromatic heterocycles. The van der Waals surface area contributed by atoms with Crippen LogP contribution in [-0.2, 0) is 0 Å². The van der Waals surface area contributed by atoms with Gasteiger partial charge >= 0.3 is 8.80 Å². The molecule has 0 heterocycles. The van der Waals surface area contributed by atoms with Crippen molar-refractivity contribution in [3.63, 3.8) is 0 Å². The summed E-state index contributed by atoms with van der Waals surface area (Å²) in [5.74, 6) is 0. The van der Waals surface area contributed by atoms with Crippen molar-refractivity contribution in [2.24, 2.45) is 5.73 Å². The molecule has 0 saturated carbocycles. The van der Waals surface area contributed by atoms with Crippen LogP contribution in [-0.4, -0.2) is 42.8 Å². The lowest BCUT2D eigenvalue weighted by atomic mass is 10.2. The van der Waals surface area contributed by atoms with Crippen LogP contribution in [0.25, 0.3) is 0 Å². The van der Waals surface area contributed by atoms with Crippen molar-refractivity contribution in [1.29, 1.82) is 0 Å². The molecule has 0 amide bonds. The van der Waals surface area contributed by atoms with E-state index in [1.807, 2.05) is 0 Å². The Kier molecular flexibility index (Phi) is 8.35. The van der Waals surface area contributed by atoms with Crippen molar-refractivity contribution in [3.8, 4) is 0 Å². The first kappa shape index (κ1) is 14.0. The van der Waals surface area contributed by atoms with Gasteiger partial charge in [-0.3, -0.25) is 0 Å². The van der Waals surface area contributed by atoms with Crippen LogP contribution in [0.3, 0.4) is 0 Å². The molecular formula is C8H22N2O3Si. The first-order chi connectivity index (χ1) is 6.56. The van der Waals surface area contributed by atoms with E-state index < -0.39 is 8.80 Å². The molecule has 0 aliphatic rings. The molecule has 0 atom stereocenters. The van der Waals surface area contributed by atoms with Crippen molar-refractivity contribution in [3.05, 3.63) is 0 Å². The van der Waals surface area contributed by atoms with Crippen molar-refractivity contribution >= 4 is 8.80 Å². The number of nitrogens with two attached hydrogens (primary N) is 1. The molecule has 0 rings (SSSR count). The SMILES string of the molecule is NCCCCCCNCC[Si](O)(O)O. The van der Waals surface area contributed by atoms with Crippen LogP contribution in [0.2, 0.25) is 6.04 Å². The fourth-order valence-electron chi connectivity index (χ4n) is 1.13. The monoisotopic (exact) mass is 222 g/mol. The van der Waals surface area contributed by atoms with Crippen LogP contribution in [0.1, 0.15) is 25.7 Å². The molecule has 0 aliphatic carbocycles. The summed E-state index contributed by atoms with van der Waals surface area (Å²) in [6.45, 7) is 2.07. The number of unbranched alkanes of at least 4 members (excludes halogenated alkanes) is 3. The van der Waals surface area contributed by atoms with Gasteiger partial charge in [0.05, 0.1) is 0 Å². The summed E-state index contributed by atoms with van der Waals surface area (Å²) >= 11 is 0. The normalized spacial score (nSPS) is 12.0. The molecule has 86 valence electrons. The van der Waals surface area contributed by atoms with E-state index >= 15 is 0 Å². The second-order valence-electron chi connectivity index (χ2n) is 3.48. The van der Waals surface area contributed by atoms with Gasteiger partial charge in [0.15, 0.2) is 0 Å². The van der Waals surface area contributed by atoms with E-state index in [4.69, 9.17) is 20.1 Å². The predicted molar refractivity (Wildman–Crippen MR) is 57.6 cm³/mol. The summed E-state index contributed by atoms with van der Waals surface area (Å²) in [7, 11) is -3.82. The molecule has 0 aromatic carbocycles. The molecule has 6 heteroatoms. The minimum atomic E-state index is -3.82. The highest BCUT2D eigenvalue weighted by Crippen LogP contribution is 1.97. The molecule has 5 nitrogen and oxygen atoms in total. The maximum atomic E-state index is 8.69. The Morgan fingerprint density at radius 2 is 1.57 bits per heavy atom. The van der Waals surface area contributed by atoms with Gasteiger partial charge in [0, 0.05) is 6.04 Å². The van der Waals surface area contributed by atoms with Gasteiger partial charge in [0.1, 0.15) is 0 Å². The van der Waals surface area contributed by atoms with Crippen LogP contribution in [0.5, 0.6) is 0 Å². The van der Waals surface area contributed by atoms with Gasteiger partial charge in [-0.25, -0.2) is 0 Å². The number of nitrogens with one attached hydrogen (secondary N) is 1. The Balaban J connectivity index is 2.99. The lowest BCUT2D eigenvalue weighted by Gasteiger charge is -2.09. The second kappa shape index (κ2) is 8.34. The third-order valence-electron chi connectivity index (χ3n) is 1.94. The van der Waals surface area contributed by atoms with Gasteiger partial charge in [0.2, 0.25) is 0 Å². The van der Waals surface area contributed by atoms with Crippen LogP contribution in [0.4, 0.5) is 0 Å². The Morgan fingerprint density at radius 1 is 0.929 bits per heavy atom. The highest BCUT2D eigenvalue weighted by Gasteiger charge is 2.25. The molecule has 0 spiro atoms.